The molecule has 2 aromatic heterocycles. The summed E-state index contributed by atoms with van der Waals surface area (Å²) in [6, 6.07) is 6.14. The lowest BCUT2D eigenvalue weighted by atomic mass is 10.1. The van der Waals surface area contributed by atoms with E-state index < -0.39 is 0 Å². The number of rotatable bonds is 5. The van der Waals surface area contributed by atoms with E-state index in [4.69, 9.17) is 5.73 Å². The van der Waals surface area contributed by atoms with Gasteiger partial charge in [-0.25, -0.2) is 4.98 Å². The normalized spacial score (nSPS) is 12.3. The Hall–Kier alpha value is -1.62. The van der Waals surface area contributed by atoms with Crippen LogP contribution in [0.25, 0.3) is 0 Å². The lowest BCUT2D eigenvalue weighted by Crippen LogP contribution is -2.12. The summed E-state index contributed by atoms with van der Waals surface area (Å²) in [6.07, 6.45) is 3.83. The number of nitrogens with zero attached hydrogens (tertiary/aromatic N) is 2. The average molecular weight is 248 g/mol. The second-order valence-corrected chi connectivity index (χ2v) is 4.79. The number of aromatic nitrogens is 2. The molecule has 0 aliphatic carbocycles. The van der Waals surface area contributed by atoms with Gasteiger partial charge in [-0.1, -0.05) is 19.4 Å². The van der Waals surface area contributed by atoms with Crippen LogP contribution in [0.4, 0.5) is 11.8 Å². The minimum Gasteiger partial charge on any atom is -0.384 e. The van der Waals surface area contributed by atoms with Gasteiger partial charge in [-0.05, 0) is 23.9 Å². The van der Waals surface area contributed by atoms with E-state index in [2.05, 4.69) is 39.7 Å². The van der Waals surface area contributed by atoms with E-state index >= 15 is 0 Å². The number of hydrogen-bond donors (Lipinski definition) is 2. The van der Waals surface area contributed by atoms with Crippen LogP contribution in [-0.2, 0) is 0 Å². The second-order valence-electron chi connectivity index (χ2n) is 3.81. The smallest absolute Gasteiger partial charge is 0.225 e. The Morgan fingerprint density at radius 3 is 3.00 bits per heavy atom. The van der Waals surface area contributed by atoms with Gasteiger partial charge in [0.05, 0.1) is 6.04 Å². The molecule has 0 amide bonds. The molecule has 0 aromatic carbocycles. The summed E-state index contributed by atoms with van der Waals surface area (Å²) in [4.78, 5) is 9.64. The van der Waals surface area contributed by atoms with Crippen LogP contribution < -0.4 is 11.1 Å². The van der Waals surface area contributed by atoms with E-state index in [9.17, 15) is 0 Å². The van der Waals surface area contributed by atoms with E-state index in [0.717, 1.165) is 12.8 Å². The van der Waals surface area contributed by atoms with Gasteiger partial charge < -0.3 is 11.1 Å². The van der Waals surface area contributed by atoms with Crippen molar-refractivity contribution in [2.24, 2.45) is 0 Å². The highest BCUT2D eigenvalue weighted by Gasteiger charge is 2.12. The van der Waals surface area contributed by atoms with Crippen molar-refractivity contribution in [3.05, 3.63) is 34.7 Å². The molecular formula is C12H16N4S. The first-order valence-corrected chi connectivity index (χ1v) is 6.56. The van der Waals surface area contributed by atoms with Crippen LogP contribution in [0.5, 0.6) is 0 Å². The molecule has 2 aromatic rings. The molecule has 0 aliphatic rings. The lowest BCUT2D eigenvalue weighted by molar-refractivity contribution is 0.681. The summed E-state index contributed by atoms with van der Waals surface area (Å²) in [6.45, 7) is 2.17. The lowest BCUT2D eigenvalue weighted by Gasteiger charge is -2.16. The van der Waals surface area contributed by atoms with Gasteiger partial charge in [-0.2, -0.15) is 4.98 Å². The Morgan fingerprint density at radius 1 is 1.47 bits per heavy atom. The van der Waals surface area contributed by atoms with Crippen LogP contribution >= 0.6 is 11.3 Å². The van der Waals surface area contributed by atoms with E-state index in [1.165, 1.54) is 4.88 Å². The van der Waals surface area contributed by atoms with Gasteiger partial charge in [0, 0.05) is 11.1 Å². The first kappa shape index (κ1) is 11.9. The molecule has 2 heterocycles. The molecule has 5 heteroatoms. The van der Waals surface area contributed by atoms with Crippen molar-refractivity contribution in [2.75, 3.05) is 11.1 Å². The fourth-order valence-corrected chi connectivity index (χ4v) is 2.47. The topological polar surface area (TPSA) is 63.8 Å². The zero-order valence-corrected chi connectivity index (χ0v) is 10.6. The van der Waals surface area contributed by atoms with E-state index in [0.29, 0.717) is 11.8 Å². The van der Waals surface area contributed by atoms with Crippen molar-refractivity contribution < 1.29 is 0 Å². The molecule has 1 unspecified atom stereocenters. The van der Waals surface area contributed by atoms with Crippen LogP contribution in [0, 0.1) is 0 Å². The zero-order valence-electron chi connectivity index (χ0n) is 9.76. The average Bonchev–Trinajstić information content (AvgIpc) is 2.82. The largest absolute Gasteiger partial charge is 0.384 e. The van der Waals surface area contributed by atoms with Crippen molar-refractivity contribution >= 4 is 23.1 Å². The predicted molar refractivity (Wildman–Crippen MR) is 72.0 cm³/mol. The Bertz CT molecular complexity index is 455. The van der Waals surface area contributed by atoms with Crippen molar-refractivity contribution in [2.45, 2.75) is 25.8 Å². The molecule has 1 atom stereocenters. The first-order chi connectivity index (χ1) is 8.29. The molecule has 90 valence electrons. The van der Waals surface area contributed by atoms with Crippen molar-refractivity contribution in [1.29, 1.82) is 0 Å². The molecule has 0 spiro atoms. The van der Waals surface area contributed by atoms with Crippen LogP contribution in [0.15, 0.2) is 29.8 Å². The third-order valence-corrected chi connectivity index (χ3v) is 3.43. The Morgan fingerprint density at radius 2 is 2.35 bits per heavy atom. The van der Waals surface area contributed by atoms with Gasteiger partial charge in [0.2, 0.25) is 5.95 Å². The molecule has 0 saturated carbocycles. The van der Waals surface area contributed by atoms with E-state index in [-0.39, 0.29) is 6.04 Å². The summed E-state index contributed by atoms with van der Waals surface area (Å²) in [5, 5.41) is 5.41. The van der Waals surface area contributed by atoms with Crippen LogP contribution in [0.3, 0.4) is 0 Å². The maximum atomic E-state index is 5.64. The van der Waals surface area contributed by atoms with Crippen molar-refractivity contribution in [1.82, 2.24) is 9.97 Å². The fraction of sp³-hybridized carbons (Fsp3) is 0.333. The highest BCUT2D eigenvalue weighted by Crippen LogP contribution is 2.26. The summed E-state index contributed by atoms with van der Waals surface area (Å²) >= 11 is 1.75. The second kappa shape index (κ2) is 5.63. The number of hydrogen-bond acceptors (Lipinski definition) is 5. The van der Waals surface area contributed by atoms with Gasteiger partial charge in [0.15, 0.2) is 0 Å². The van der Waals surface area contributed by atoms with Gasteiger partial charge in [-0.3, -0.25) is 0 Å². The molecular weight excluding hydrogens is 232 g/mol. The molecule has 3 N–H and O–H groups in total. The maximum Gasteiger partial charge on any atom is 0.225 e. The summed E-state index contributed by atoms with van der Waals surface area (Å²) in [5.41, 5.74) is 5.64. The number of nitrogens with one attached hydrogen (secondary N) is 1. The highest BCUT2D eigenvalue weighted by atomic mass is 32.1. The van der Waals surface area contributed by atoms with E-state index in [1.54, 1.807) is 23.6 Å². The third kappa shape index (κ3) is 3.17. The summed E-state index contributed by atoms with van der Waals surface area (Å²) in [5.74, 6) is 1.08. The SMILES string of the molecule is CCCC(Nc1nccc(N)n1)c1cccs1. The summed E-state index contributed by atoms with van der Waals surface area (Å²) < 4.78 is 0. The van der Waals surface area contributed by atoms with Crippen molar-refractivity contribution in [3.63, 3.8) is 0 Å². The van der Waals surface area contributed by atoms with Crippen LogP contribution in [0.2, 0.25) is 0 Å². The molecule has 0 aliphatic heterocycles. The first-order valence-electron chi connectivity index (χ1n) is 5.68. The minimum absolute atomic E-state index is 0.266. The van der Waals surface area contributed by atoms with Gasteiger partial charge in [0.1, 0.15) is 5.82 Å². The summed E-state index contributed by atoms with van der Waals surface area (Å²) in [7, 11) is 0. The molecule has 4 nitrogen and oxygen atoms in total. The van der Waals surface area contributed by atoms with Gasteiger partial charge in [-0.15, -0.1) is 11.3 Å². The number of anilines is 2. The highest BCUT2D eigenvalue weighted by molar-refractivity contribution is 7.10. The minimum atomic E-state index is 0.266. The van der Waals surface area contributed by atoms with Gasteiger partial charge in [0.25, 0.3) is 0 Å². The number of nitrogens with two attached hydrogens (primary N) is 1. The van der Waals surface area contributed by atoms with E-state index in [1.807, 2.05) is 0 Å². The zero-order chi connectivity index (χ0) is 12.1. The molecule has 0 radical (unpaired) electrons. The molecule has 0 saturated heterocycles. The third-order valence-electron chi connectivity index (χ3n) is 2.44. The Kier molecular flexibility index (Phi) is 3.93. The monoisotopic (exact) mass is 248 g/mol. The fourth-order valence-electron chi connectivity index (χ4n) is 1.66. The molecule has 0 fully saturated rings. The quantitative estimate of drug-likeness (QED) is 0.853. The Balaban J connectivity index is 2.13. The predicted octanol–water partition coefficient (Wildman–Crippen LogP) is 3.07. The molecule has 0 bridgehead atoms. The number of nitrogen functional groups attached to an aromatic ring is 1. The number of thiophene rings is 1. The van der Waals surface area contributed by atoms with Gasteiger partial charge >= 0.3 is 0 Å². The van der Waals surface area contributed by atoms with Crippen LogP contribution in [0.1, 0.15) is 30.7 Å². The Labute approximate surface area is 105 Å². The molecule has 17 heavy (non-hydrogen) atoms. The van der Waals surface area contributed by atoms with Crippen molar-refractivity contribution in [3.8, 4) is 0 Å². The van der Waals surface area contributed by atoms with Crippen LogP contribution in [-0.4, -0.2) is 9.97 Å². The standard InChI is InChI=1S/C12H16N4S/c1-2-4-9(10-5-3-8-17-10)15-12-14-7-6-11(13)16-12/h3,5-9H,2,4H2,1H3,(H3,13,14,15,16). The molecule has 2 rings (SSSR count). The maximum absolute atomic E-state index is 5.64.